The molecule has 10 heteroatoms. The molecule has 1 aliphatic rings. The summed E-state index contributed by atoms with van der Waals surface area (Å²) in [6.45, 7) is 0.428. The van der Waals surface area contributed by atoms with Gasteiger partial charge < -0.3 is 14.4 Å². The molecule has 0 aliphatic carbocycles. The van der Waals surface area contributed by atoms with Gasteiger partial charge in [-0.2, -0.15) is 0 Å². The molecule has 3 aromatic carbocycles. The van der Waals surface area contributed by atoms with Crippen LogP contribution in [0.15, 0.2) is 97.2 Å². The Morgan fingerprint density at radius 2 is 1.62 bits per heavy atom. The van der Waals surface area contributed by atoms with Crippen LogP contribution >= 0.6 is 11.6 Å². The summed E-state index contributed by atoms with van der Waals surface area (Å²) in [4.78, 5) is 21.0. The predicted molar refractivity (Wildman–Crippen MR) is 151 cm³/mol. The highest BCUT2D eigenvalue weighted by Gasteiger charge is 2.39. The summed E-state index contributed by atoms with van der Waals surface area (Å²) in [7, 11) is -3.24. The van der Waals surface area contributed by atoms with Crippen molar-refractivity contribution >= 4 is 33.2 Å². The SMILES string of the molecule is CS(=O)(=O)CCN1CC(c2cccc(Oc3ccccn3)c2)N(c2ccc(Oc3ccc(Cl)cc3)cc2)C1=O. The van der Waals surface area contributed by atoms with Gasteiger partial charge in [0.2, 0.25) is 5.88 Å². The van der Waals surface area contributed by atoms with E-state index in [1.165, 1.54) is 6.26 Å². The molecular weight excluding hydrogens is 538 g/mol. The molecule has 0 N–H and O–H groups in total. The first-order chi connectivity index (χ1) is 18.7. The number of carbonyl (C=O) groups excluding carboxylic acids is 1. The van der Waals surface area contributed by atoms with Gasteiger partial charge in [-0.05, 0) is 72.3 Å². The molecule has 1 fully saturated rings. The Morgan fingerprint density at radius 3 is 2.28 bits per heavy atom. The predicted octanol–water partition coefficient (Wildman–Crippen LogP) is 6.35. The van der Waals surface area contributed by atoms with Crippen molar-refractivity contribution in [3.05, 3.63) is 108 Å². The number of hydrogen-bond donors (Lipinski definition) is 0. The Hall–Kier alpha value is -4.08. The van der Waals surface area contributed by atoms with Crippen LogP contribution in [0.3, 0.4) is 0 Å². The van der Waals surface area contributed by atoms with Gasteiger partial charge in [-0.3, -0.25) is 4.90 Å². The molecule has 1 unspecified atom stereocenters. The van der Waals surface area contributed by atoms with Crippen molar-refractivity contribution in [2.24, 2.45) is 0 Å². The fourth-order valence-corrected chi connectivity index (χ4v) is 4.97. The van der Waals surface area contributed by atoms with Crippen molar-refractivity contribution in [2.45, 2.75) is 6.04 Å². The first kappa shape index (κ1) is 26.5. The van der Waals surface area contributed by atoms with E-state index in [4.69, 9.17) is 21.1 Å². The van der Waals surface area contributed by atoms with E-state index in [0.717, 1.165) is 5.56 Å². The van der Waals surface area contributed by atoms with E-state index in [2.05, 4.69) is 4.98 Å². The van der Waals surface area contributed by atoms with Gasteiger partial charge in [-0.25, -0.2) is 18.2 Å². The highest BCUT2D eigenvalue weighted by atomic mass is 35.5. The Bertz CT molecular complexity index is 1550. The number of aromatic nitrogens is 1. The van der Waals surface area contributed by atoms with E-state index in [0.29, 0.717) is 40.4 Å². The smallest absolute Gasteiger partial charge is 0.325 e. The Kier molecular flexibility index (Phi) is 7.72. The molecular formula is C29H26ClN3O5S. The lowest BCUT2D eigenvalue weighted by molar-refractivity contribution is 0.223. The van der Waals surface area contributed by atoms with Gasteiger partial charge in [-0.15, -0.1) is 0 Å². The molecule has 1 aliphatic heterocycles. The maximum Gasteiger partial charge on any atom is 0.325 e. The number of sulfone groups is 1. The molecule has 200 valence electrons. The van der Waals surface area contributed by atoms with Crippen molar-refractivity contribution < 1.29 is 22.7 Å². The molecule has 0 saturated carbocycles. The monoisotopic (exact) mass is 563 g/mol. The van der Waals surface area contributed by atoms with Crippen molar-refractivity contribution in [1.82, 2.24) is 9.88 Å². The fraction of sp³-hybridized carbons (Fsp3) is 0.172. The normalized spacial score (nSPS) is 15.4. The molecule has 8 nitrogen and oxygen atoms in total. The lowest BCUT2D eigenvalue weighted by Crippen LogP contribution is -2.35. The third kappa shape index (κ3) is 6.68. The number of pyridine rings is 1. The number of urea groups is 1. The van der Waals surface area contributed by atoms with Crippen LogP contribution in [0.4, 0.5) is 10.5 Å². The molecule has 2 heterocycles. The largest absolute Gasteiger partial charge is 0.457 e. The molecule has 1 atom stereocenters. The van der Waals surface area contributed by atoms with Gasteiger partial charge in [0.25, 0.3) is 0 Å². The van der Waals surface area contributed by atoms with Crippen LogP contribution < -0.4 is 14.4 Å². The minimum atomic E-state index is -3.24. The second kappa shape index (κ2) is 11.3. The highest BCUT2D eigenvalue weighted by Crippen LogP contribution is 2.37. The standard InChI is InChI=1S/C29H26ClN3O5S/c1-39(35,36)18-17-32-20-27(21-5-4-6-26(19-21)38-28-7-2-3-16-31-28)33(29(32)34)23-10-14-25(15-11-23)37-24-12-8-22(30)9-13-24/h2-16,19,27H,17-18,20H2,1H3. The van der Waals surface area contributed by atoms with E-state index >= 15 is 0 Å². The van der Waals surface area contributed by atoms with Gasteiger partial charge >= 0.3 is 6.03 Å². The van der Waals surface area contributed by atoms with Crippen LogP contribution in [0.5, 0.6) is 23.1 Å². The van der Waals surface area contributed by atoms with Gasteiger partial charge in [0.05, 0.1) is 11.8 Å². The molecule has 1 saturated heterocycles. The molecule has 1 aromatic heterocycles. The molecule has 0 radical (unpaired) electrons. The topological polar surface area (TPSA) is 89.0 Å². The first-order valence-corrected chi connectivity index (χ1v) is 14.7. The van der Waals surface area contributed by atoms with Gasteiger partial charge in [0.15, 0.2) is 0 Å². The third-order valence-electron chi connectivity index (χ3n) is 6.18. The minimum Gasteiger partial charge on any atom is -0.457 e. The molecule has 0 bridgehead atoms. The zero-order chi connectivity index (χ0) is 27.4. The molecule has 4 aromatic rings. The molecule has 5 rings (SSSR count). The zero-order valence-electron chi connectivity index (χ0n) is 21.1. The summed E-state index contributed by atoms with van der Waals surface area (Å²) < 4.78 is 35.5. The number of ether oxygens (including phenoxy) is 2. The lowest BCUT2D eigenvalue weighted by atomic mass is 10.1. The van der Waals surface area contributed by atoms with E-state index in [1.54, 1.807) is 58.5 Å². The average molecular weight is 564 g/mol. The summed E-state index contributed by atoms with van der Waals surface area (Å²) in [5, 5.41) is 0.617. The Balaban J connectivity index is 1.42. The Labute approximate surface area is 232 Å². The number of hydrogen-bond acceptors (Lipinski definition) is 6. The number of amides is 2. The average Bonchev–Trinajstić information content (AvgIpc) is 3.26. The van der Waals surface area contributed by atoms with Gasteiger partial charge in [0, 0.05) is 42.3 Å². The summed E-state index contributed by atoms with van der Waals surface area (Å²) >= 11 is 5.95. The Morgan fingerprint density at radius 1 is 0.897 bits per heavy atom. The zero-order valence-corrected chi connectivity index (χ0v) is 22.7. The van der Waals surface area contributed by atoms with Gasteiger partial charge in [0.1, 0.15) is 27.1 Å². The van der Waals surface area contributed by atoms with E-state index in [9.17, 15) is 13.2 Å². The van der Waals surface area contributed by atoms with Gasteiger partial charge in [-0.1, -0.05) is 29.8 Å². The number of carbonyl (C=O) groups is 1. The van der Waals surface area contributed by atoms with Crippen LogP contribution in [0.1, 0.15) is 11.6 Å². The van der Waals surface area contributed by atoms with Crippen LogP contribution in [0, 0.1) is 0 Å². The number of halogens is 1. The number of rotatable bonds is 9. The molecule has 2 amide bonds. The van der Waals surface area contributed by atoms with Crippen LogP contribution in [-0.2, 0) is 9.84 Å². The van der Waals surface area contributed by atoms with E-state index < -0.39 is 9.84 Å². The molecule has 39 heavy (non-hydrogen) atoms. The lowest BCUT2D eigenvalue weighted by Gasteiger charge is -2.24. The summed E-state index contributed by atoms with van der Waals surface area (Å²) in [6.07, 6.45) is 2.82. The maximum absolute atomic E-state index is 13.6. The highest BCUT2D eigenvalue weighted by molar-refractivity contribution is 7.90. The van der Waals surface area contributed by atoms with Crippen molar-refractivity contribution in [3.63, 3.8) is 0 Å². The van der Waals surface area contributed by atoms with E-state index in [-0.39, 0.29) is 24.4 Å². The van der Waals surface area contributed by atoms with E-state index in [1.807, 2.05) is 48.5 Å². The molecule has 0 spiro atoms. The second-order valence-electron chi connectivity index (χ2n) is 9.14. The van der Waals surface area contributed by atoms with Crippen molar-refractivity contribution in [3.8, 4) is 23.1 Å². The van der Waals surface area contributed by atoms with Crippen LogP contribution in [0.2, 0.25) is 5.02 Å². The second-order valence-corrected chi connectivity index (χ2v) is 11.8. The number of anilines is 1. The van der Waals surface area contributed by atoms with Crippen LogP contribution in [-0.4, -0.2) is 49.4 Å². The number of benzene rings is 3. The fourth-order valence-electron chi connectivity index (χ4n) is 4.29. The van der Waals surface area contributed by atoms with Crippen molar-refractivity contribution in [1.29, 1.82) is 0 Å². The van der Waals surface area contributed by atoms with Crippen molar-refractivity contribution in [2.75, 3.05) is 30.0 Å². The summed E-state index contributed by atoms with van der Waals surface area (Å²) in [5.41, 5.74) is 1.51. The third-order valence-corrected chi connectivity index (χ3v) is 7.36. The summed E-state index contributed by atoms with van der Waals surface area (Å²) in [5.74, 6) is 2.17. The minimum absolute atomic E-state index is 0.104. The maximum atomic E-state index is 13.6. The number of nitrogens with zero attached hydrogens (tertiary/aromatic N) is 3. The quantitative estimate of drug-likeness (QED) is 0.236. The van der Waals surface area contributed by atoms with Crippen LogP contribution in [0.25, 0.3) is 0 Å². The first-order valence-electron chi connectivity index (χ1n) is 12.2. The summed E-state index contributed by atoms with van der Waals surface area (Å²) in [6, 6.07) is 26.5.